The molecule has 25 heavy (non-hydrogen) atoms. The molecule has 2 heterocycles. The number of aromatic nitrogens is 2. The molecule has 0 bridgehead atoms. The van der Waals surface area contributed by atoms with E-state index in [1.165, 1.54) is 6.07 Å². The van der Waals surface area contributed by atoms with Crippen LogP contribution in [0.15, 0.2) is 47.4 Å². The summed E-state index contributed by atoms with van der Waals surface area (Å²) in [7, 11) is 0. The summed E-state index contributed by atoms with van der Waals surface area (Å²) in [5.41, 5.74) is 4.10. The summed E-state index contributed by atoms with van der Waals surface area (Å²) in [6, 6.07) is 11.0. The van der Waals surface area contributed by atoms with Gasteiger partial charge in [-0.1, -0.05) is 18.2 Å². The molecule has 0 saturated heterocycles. The van der Waals surface area contributed by atoms with Crippen LogP contribution >= 0.6 is 0 Å². The van der Waals surface area contributed by atoms with Crippen molar-refractivity contribution in [3.8, 4) is 5.75 Å². The zero-order valence-corrected chi connectivity index (χ0v) is 14.1. The number of fused-ring (bicyclic) bond motifs is 2. The quantitative estimate of drug-likeness (QED) is 0.799. The second-order valence-corrected chi connectivity index (χ2v) is 6.49. The first kappa shape index (κ1) is 15.8. The Morgan fingerprint density at radius 1 is 1.32 bits per heavy atom. The number of hydrogen-bond acceptors (Lipinski definition) is 4. The summed E-state index contributed by atoms with van der Waals surface area (Å²) < 4.78 is 7.50. The van der Waals surface area contributed by atoms with Gasteiger partial charge in [0.05, 0.1) is 11.8 Å². The fraction of sp³-hybridized carbons (Fsp3) is 0.300. The van der Waals surface area contributed by atoms with Crippen LogP contribution in [0.25, 0.3) is 5.65 Å². The Morgan fingerprint density at radius 3 is 3.08 bits per heavy atom. The molecule has 5 nitrogen and oxygen atoms in total. The van der Waals surface area contributed by atoms with Crippen LogP contribution in [0.4, 0.5) is 0 Å². The van der Waals surface area contributed by atoms with Gasteiger partial charge in [-0.15, -0.1) is 0 Å². The number of nitrogens with zero attached hydrogens (tertiary/aromatic N) is 2. The Kier molecular flexibility index (Phi) is 4.01. The lowest BCUT2D eigenvalue weighted by Crippen LogP contribution is -2.17. The third-order valence-electron chi connectivity index (χ3n) is 4.75. The van der Waals surface area contributed by atoms with Crippen molar-refractivity contribution in [2.75, 3.05) is 0 Å². The van der Waals surface area contributed by atoms with E-state index in [-0.39, 0.29) is 12.2 Å². The number of aryl methyl sites for hydroxylation is 1. The molecule has 0 spiro atoms. The minimum absolute atomic E-state index is 0.113. The summed E-state index contributed by atoms with van der Waals surface area (Å²) in [5.74, 6) is 0.767. The van der Waals surface area contributed by atoms with Gasteiger partial charge in [0, 0.05) is 12.3 Å². The molecule has 0 amide bonds. The maximum Gasteiger partial charge on any atom is 0.258 e. The van der Waals surface area contributed by atoms with Gasteiger partial charge in [0.25, 0.3) is 5.56 Å². The van der Waals surface area contributed by atoms with Gasteiger partial charge in [0.2, 0.25) is 0 Å². The van der Waals surface area contributed by atoms with E-state index in [1.807, 2.05) is 37.3 Å². The van der Waals surface area contributed by atoms with E-state index in [2.05, 4.69) is 4.98 Å². The summed E-state index contributed by atoms with van der Waals surface area (Å²) in [6.07, 6.45) is 3.94. The SMILES string of the molecule is Cc1cccn2c(=O)cc(COc3cccc4c3CCCC4O)nc12. The van der Waals surface area contributed by atoms with E-state index >= 15 is 0 Å². The topological polar surface area (TPSA) is 63.8 Å². The van der Waals surface area contributed by atoms with Crippen molar-refractivity contribution < 1.29 is 9.84 Å². The van der Waals surface area contributed by atoms with Gasteiger partial charge in [0.15, 0.2) is 0 Å². The van der Waals surface area contributed by atoms with Crippen LogP contribution in [-0.4, -0.2) is 14.5 Å². The highest BCUT2D eigenvalue weighted by atomic mass is 16.5. The van der Waals surface area contributed by atoms with Gasteiger partial charge in [-0.25, -0.2) is 4.98 Å². The standard InChI is InChI=1S/C20H20N2O3/c1-13-5-4-10-22-19(24)11-14(21-20(13)22)12-25-18-9-3-6-15-16(18)7-2-8-17(15)23/h3-6,9-11,17,23H,2,7-8,12H2,1H3. The van der Waals surface area contributed by atoms with E-state index in [0.717, 1.165) is 41.7 Å². The van der Waals surface area contributed by atoms with Crippen molar-refractivity contribution >= 4 is 5.65 Å². The second-order valence-electron chi connectivity index (χ2n) is 6.49. The molecular formula is C20H20N2O3. The molecule has 1 atom stereocenters. The molecule has 3 aromatic rings. The highest BCUT2D eigenvalue weighted by Gasteiger charge is 2.21. The largest absolute Gasteiger partial charge is 0.487 e. The first-order chi connectivity index (χ1) is 12.1. The fourth-order valence-corrected chi connectivity index (χ4v) is 3.46. The molecule has 1 unspecified atom stereocenters. The van der Waals surface area contributed by atoms with Gasteiger partial charge in [-0.3, -0.25) is 9.20 Å². The molecule has 2 aromatic heterocycles. The van der Waals surface area contributed by atoms with E-state index in [0.29, 0.717) is 11.3 Å². The first-order valence-corrected chi connectivity index (χ1v) is 8.54. The number of benzene rings is 1. The number of pyridine rings is 1. The van der Waals surface area contributed by atoms with Crippen LogP contribution in [-0.2, 0) is 13.0 Å². The van der Waals surface area contributed by atoms with Gasteiger partial charge in [-0.05, 0) is 55.0 Å². The summed E-state index contributed by atoms with van der Waals surface area (Å²) >= 11 is 0. The highest BCUT2D eigenvalue weighted by Crippen LogP contribution is 2.35. The molecule has 128 valence electrons. The number of rotatable bonds is 3. The van der Waals surface area contributed by atoms with Crippen LogP contribution < -0.4 is 10.3 Å². The first-order valence-electron chi connectivity index (χ1n) is 8.54. The normalized spacial score (nSPS) is 16.6. The van der Waals surface area contributed by atoms with E-state index in [4.69, 9.17) is 4.74 Å². The number of aliphatic hydroxyl groups excluding tert-OH is 1. The summed E-state index contributed by atoms with van der Waals surface area (Å²) in [4.78, 5) is 16.8. The van der Waals surface area contributed by atoms with Crippen LogP contribution in [0.2, 0.25) is 0 Å². The van der Waals surface area contributed by atoms with E-state index in [9.17, 15) is 9.90 Å². The Morgan fingerprint density at radius 2 is 2.20 bits per heavy atom. The zero-order chi connectivity index (χ0) is 17.4. The maximum absolute atomic E-state index is 12.3. The Bertz CT molecular complexity index is 994. The number of ether oxygens (including phenoxy) is 1. The van der Waals surface area contributed by atoms with Crippen molar-refractivity contribution in [2.45, 2.75) is 38.9 Å². The monoisotopic (exact) mass is 336 g/mol. The predicted octanol–water partition coefficient (Wildman–Crippen LogP) is 2.95. The minimum atomic E-state index is -0.418. The molecule has 0 radical (unpaired) electrons. The van der Waals surface area contributed by atoms with Crippen molar-refractivity contribution in [3.05, 3.63) is 75.3 Å². The van der Waals surface area contributed by atoms with E-state index in [1.54, 1.807) is 10.6 Å². The predicted molar refractivity (Wildman–Crippen MR) is 94.9 cm³/mol. The molecule has 1 N–H and O–H groups in total. The van der Waals surface area contributed by atoms with Crippen LogP contribution in [0.5, 0.6) is 5.75 Å². The third-order valence-corrected chi connectivity index (χ3v) is 4.75. The minimum Gasteiger partial charge on any atom is -0.487 e. The van der Waals surface area contributed by atoms with Gasteiger partial charge < -0.3 is 9.84 Å². The molecule has 4 rings (SSSR count). The maximum atomic E-state index is 12.3. The Balaban J connectivity index is 1.64. The van der Waals surface area contributed by atoms with Gasteiger partial charge in [0.1, 0.15) is 18.0 Å². The Hall–Kier alpha value is -2.66. The van der Waals surface area contributed by atoms with Crippen molar-refractivity contribution in [1.29, 1.82) is 0 Å². The lowest BCUT2D eigenvalue weighted by atomic mass is 9.89. The smallest absolute Gasteiger partial charge is 0.258 e. The van der Waals surface area contributed by atoms with Gasteiger partial charge in [-0.2, -0.15) is 0 Å². The van der Waals surface area contributed by atoms with Crippen molar-refractivity contribution in [2.24, 2.45) is 0 Å². The molecule has 0 aliphatic heterocycles. The lowest BCUT2D eigenvalue weighted by molar-refractivity contribution is 0.155. The second kappa shape index (κ2) is 6.33. The molecular weight excluding hydrogens is 316 g/mol. The highest BCUT2D eigenvalue weighted by molar-refractivity contribution is 5.47. The molecule has 1 aliphatic carbocycles. The fourth-order valence-electron chi connectivity index (χ4n) is 3.46. The van der Waals surface area contributed by atoms with Crippen LogP contribution in [0, 0.1) is 6.92 Å². The van der Waals surface area contributed by atoms with Gasteiger partial charge >= 0.3 is 0 Å². The average Bonchev–Trinajstić information content (AvgIpc) is 2.61. The Labute approximate surface area is 145 Å². The number of aliphatic hydroxyl groups is 1. The molecule has 0 fully saturated rings. The molecule has 1 aromatic carbocycles. The summed E-state index contributed by atoms with van der Waals surface area (Å²) in [6.45, 7) is 2.16. The zero-order valence-electron chi connectivity index (χ0n) is 14.1. The average molecular weight is 336 g/mol. The lowest BCUT2D eigenvalue weighted by Gasteiger charge is -2.23. The third kappa shape index (κ3) is 2.91. The molecule has 1 aliphatic rings. The molecule has 5 heteroatoms. The van der Waals surface area contributed by atoms with Crippen molar-refractivity contribution in [1.82, 2.24) is 9.38 Å². The molecule has 0 saturated carbocycles. The van der Waals surface area contributed by atoms with E-state index < -0.39 is 6.10 Å². The van der Waals surface area contributed by atoms with Crippen LogP contribution in [0.3, 0.4) is 0 Å². The van der Waals surface area contributed by atoms with Crippen LogP contribution in [0.1, 0.15) is 41.3 Å². The number of hydrogen-bond donors (Lipinski definition) is 1. The summed E-state index contributed by atoms with van der Waals surface area (Å²) in [5, 5.41) is 10.1. The van der Waals surface area contributed by atoms with Crippen molar-refractivity contribution in [3.63, 3.8) is 0 Å².